The van der Waals surface area contributed by atoms with Crippen LogP contribution in [0.2, 0.25) is 0 Å². The van der Waals surface area contributed by atoms with Crippen molar-refractivity contribution in [1.82, 2.24) is 10.3 Å². The second-order valence-electron chi connectivity index (χ2n) is 15.6. The highest BCUT2D eigenvalue weighted by Gasteiger charge is 2.45. The molecule has 8 atom stereocenters. The molecule has 3 aromatic rings. The number of hydrogen-bond acceptors (Lipinski definition) is 9. The number of carboxylic acid groups (broad SMARTS) is 1. The lowest BCUT2D eigenvalue weighted by Gasteiger charge is -2.51. The number of aldehydes is 2. The normalized spacial score (nSPS) is 24.2. The van der Waals surface area contributed by atoms with Crippen molar-refractivity contribution in [2.24, 2.45) is 34.2 Å². The number of aliphatic hydroxyl groups excluding tert-OH is 1. The highest BCUT2D eigenvalue weighted by Crippen LogP contribution is 2.57. The Balaban J connectivity index is 1.33. The van der Waals surface area contributed by atoms with Gasteiger partial charge in [0.25, 0.3) is 0 Å². The van der Waals surface area contributed by atoms with E-state index in [1.807, 2.05) is 24.4 Å². The van der Waals surface area contributed by atoms with Crippen LogP contribution in [0, 0.1) is 17.8 Å². The first kappa shape index (κ1) is 39.2. The fourth-order valence-electron chi connectivity index (χ4n) is 9.43. The minimum Gasteiger partial charge on any atom is -0.478 e. The number of aliphatic imine (C=N–C) groups is 1. The average molecular weight is 740 g/mol. The molecule has 2 aliphatic carbocycles. The van der Waals surface area contributed by atoms with Crippen LogP contribution < -0.4 is 16.8 Å². The number of aliphatic hydroxyl groups is 2. The maximum absolute atomic E-state index is 12.5. The van der Waals surface area contributed by atoms with E-state index >= 15 is 0 Å². The summed E-state index contributed by atoms with van der Waals surface area (Å²) in [5.74, 6) is 0.524. The number of guanidine groups is 1. The van der Waals surface area contributed by atoms with Gasteiger partial charge in [0, 0.05) is 31.0 Å². The molecule has 12 heteroatoms. The first-order chi connectivity index (χ1) is 26.1. The van der Waals surface area contributed by atoms with Gasteiger partial charge in [-0.3, -0.25) is 4.99 Å². The molecule has 9 N–H and O–H groups in total. The van der Waals surface area contributed by atoms with E-state index in [1.54, 1.807) is 0 Å². The van der Waals surface area contributed by atoms with Crippen LogP contribution in [0.15, 0.2) is 65.3 Å². The standard InChI is InChI=1S/C42H55N6O6/c43-30(11-7-26(24-50)8-13-39(51)52)3-1-4-31-34-21-28(33-20-27-9-6-25(15-18-49)19-29(27)22-35(31)33)10-12-32(34)41(48-38-5-2-16-45-38)36(23-40(53)54)37-14-17-46-42(44)47-37/h2,5-6,9,16,18-20,22-24,26,28,30-32,34,37,39,41,45,51-52H,1,3-4,7-8,10-15,17,21,43H2,(H,53,54)(H3,44,46,47)/q-1/b36-23+/t26-,28+,30+,31+,32+,34-,37+,41+/m0/s1. The zero-order valence-corrected chi connectivity index (χ0v) is 30.9. The molecule has 2 heterocycles. The Kier molecular flexibility index (Phi) is 13.2. The Morgan fingerprint density at radius 1 is 1.00 bits per heavy atom. The molecule has 1 fully saturated rings. The number of H-pyrrole nitrogens is 1. The van der Waals surface area contributed by atoms with Gasteiger partial charge < -0.3 is 52.0 Å². The maximum atomic E-state index is 12.5. The SMILES string of the molecule is NC1=NCC[C@H](/C(=C\C(=O)O)[C@H]([N-]c2ccc[nH]2)[C@@H]2CC[C@@H]3C[C@H]2[C@@H](CCC[C@@H](N)CC[C@H](C=O)CCC(O)O)c2cc4cc(CC=O)ccc4cc23)N1. The summed E-state index contributed by atoms with van der Waals surface area (Å²) in [7, 11) is 0. The fourth-order valence-corrected chi connectivity index (χ4v) is 9.43. The number of benzene rings is 2. The highest BCUT2D eigenvalue weighted by molar-refractivity contribution is 5.86. The van der Waals surface area contributed by atoms with Gasteiger partial charge in [-0.15, -0.1) is 0 Å². The van der Waals surface area contributed by atoms with Crippen molar-refractivity contribution in [3.8, 4) is 0 Å². The molecule has 0 spiro atoms. The van der Waals surface area contributed by atoms with E-state index in [2.05, 4.69) is 39.6 Å². The quantitative estimate of drug-likeness (QED) is 0.0472. The second-order valence-corrected chi connectivity index (χ2v) is 15.6. The molecule has 2 aromatic carbocycles. The van der Waals surface area contributed by atoms with Gasteiger partial charge in [-0.25, -0.2) is 4.79 Å². The third-order valence-electron chi connectivity index (χ3n) is 12.0. The summed E-state index contributed by atoms with van der Waals surface area (Å²) >= 11 is 0. The largest absolute Gasteiger partial charge is 0.478 e. The number of aromatic amines is 1. The first-order valence-corrected chi connectivity index (χ1v) is 19.6. The van der Waals surface area contributed by atoms with Gasteiger partial charge in [-0.1, -0.05) is 60.9 Å². The monoisotopic (exact) mass is 739 g/mol. The number of aromatic nitrogens is 1. The van der Waals surface area contributed by atoms with E-state index in [9.17, 15) is 29.7 Å². The van der Waals surface area contributed by atoms with Crippen LogP contribution >= 0.6 is 0 Å². The molecule has 1 aliphatic heterocycles. The summed E-state index contributed by atoms with van der Waals surface area (Å²) < 4.78 is 0. The van der Waals surface area contributed by atoms with E-state index in [1.165, 1.54) is 17.2 Å². The van der Waals surface area contributed by atoms with Gasteiger partial charge in [0.1, 0.15) is 12.6 Å². The van der Waals surface area contributed by atoms with Crippen molar-refractivity contribution < 1.29 is 29.7 Å². The van der Waals surface area contributed by atoms with Gasteiger partial charge in [0.2, 0.25) is 0 Å². The van der Waals surface area contributed by atoms with Gasteiger partial charge in [0.15, 0.2) is 12.2 Å². The van der Waals surface area contributed by atoms with Crippen LogP contribution in [-0.4, -0.2) is 75.8 Å². The number of nitrogens with two attached hydrogens (primary N) is 2. The summed E-state index contributed by atoms with van der Waals surface area (Å²) in [5, 5.41) is 39.5. The number of fused-ring (bicyclic) bond motifs is 5. The van der Waals surface area contributed by atoms with Crippen LogP contribution in [0.3, 0.4) is 0 Å². The lowest BCUT2D eigenvalue weighted by molar-refractivity contribution is -0.131. The summed E-state index contributed by atoms with van der Waals surface area (Å²) in [4.78, 5) is 43.1. The van der Waals surface area contributed by atoms with Crippen molar-refractivity contribution in [3.63, 3.8) is 0 Å². The zero-order chi connectivity index (χ0) is 38.2. The van der Waals surface area contributed by atoms with Crippen LogP contribution in [0.4, 0.5) is 5.82 Å². The molecule has 0 radical (unpaired) electrons. The van der Waals surface area contributed by atoms with Crippen LogP contribution in [0.25, 0.3) is 16.1 Å². The van der Waals surface area contributed by atoms with Crippen LogP contribution in [-0.2, 0) is 20.8 Å². The number of aliphatic carboxylic acids is 1. The maximum Gasteiger partial charge on any atom is 0.328 e. The Hall–Kier alpha value is -4.52. The van der Waals surface area contributed by atoms with Crippen LogP contribution in [0.1, 0.15) is 99.2 Å². The summed E-state index contributed by atoms with van der Waals surface area (Å²) in [5.41, 5.74) is 17.2. The molecule has 6 rings (SSSR count). The fraction of sp³-hybridized carbons (Fsp3) is 0.524. The van der Waals surface area contributed by atoms with Crippen molar-refractivity contribution in [3.05, 3.63) is 82.3 Å². The molecule has 3 aliphatic rings. The van der Waals surface area contributed by atoms with Gasteiger partial charge >= 0.3 is 5.97 Å². The van der Waals surface area contributed by atoms with E-state index in [0.29, 0.717) is 61.9 Å². The predicted octanol–water partition coefficient (Wildman–Crippen LogP) is 5.45. The van der Waals surface area contributed by atoms with E-state index in [-0.39, 0.29) is 42.2 Å². The van der Waals surface area contributed by atoms with Gasteiger partial charge in [0.05, 0.1) is 6.04 Å². The number of hydrogen-bond donors (Lipinski definition) is 7. The van der Waals surface area contributed by atoms with E-state index in [0.717, 1.165) is 67.4 Å². The molecule has 0 unspecified atom stereocenters. The Morgan fingerprint density at radius 3 is 2.54 bits per heavy atom. The molecular formula is C42H55N6O6-. The summed E-state index contributed by atoms with van der Waals surface area (Å²) in [6.45, 7) is 0.498. The lowest BCUT2D eigenvalue weighted by Crippen LogP contribution is -2.49. The number of rotatable bonds is 19. The number of nitrogens with zero attached hydrogens (tertiary/aromatic N) is 2. The minimum atomic E-state index is -1.42. The van der Waals surface area contributed by atoms with Crippen molar-refractivity contribution >= 4 is 41.1 Å². The zero-order valence-electron chi connectivity index (χ0n) is 30.9. The molecule has 0 amide bonds. The third kappa shape index (κ3) is 9.58. The smallest absolute Gasteiger partial charge is 0.328 e. The number of carbonyl (C=O) groups is 3. The topological polar surface area (TPSA) is 218 Å². The van der Waals surface area contributed by atoms with Crippen LogP contribution in [0.5, 0.6) is 0 Å². The molecule has 12 nitrogen and oxygen atoms in total. The lowest BCUT2D eigenvalue weighted by atomic mass is 9.56. The second kappa shape index (κ2) is 18.2. The molecular weight excluding hydrogens is 684 g/mol. The van der Waals surface area contributed by atoms with Crippen molar-refractivity contribution in [2.75, 3.05) is 6.54 Å². The Labute approximate surface area is 316 Å². The third-order valence-corrected chi connectivity index (χ3v) is 12.0. The Morgan fingerprint density at radius 2 is 1.81 bits per heavy atom. The van der Waals surface area contributed by atoms with Gasteiger partial charge in [-0.2, -0.15) is 0 Å². The average Bonchev–Trinajstić information content (AvgIpc) is 3.67. The molecule has 0 saturated heterocycles. The number of carboxylic acids is 1. The van der Waals surface area contributed by atoms with Crippen molar-refractivity contribution in [2.45, 2.75) is 113 Å². The molecule has 54 heavy (non-hydrogen) atoms. The first-order valence-electron chi connectivity index (χ1n) is 19.6. The summed E-state index contributed by atoms with van der Waals surface area (Å²) in [6, 6.07) is 13.9. The van der Waals surface area contributed by atoms with Crippen molar-refractivity contribution in [1.29, 1.82) is 0 Å². The Bertz CT molecular complexity index is 1810. The molecule has 1 saturated carbocycles. The molecule has 1 aromatic heterocycles. The molecule has 2 bridgehead atoms. The predicted molar refractivity (Wildman–Crippen MR) is 209 cm³/mol. The van der Waals surface area contributed by atoms with Gasteiger partial charge in [-0.05, 0) is 127 Å². The van der Waals surface area contributed by atoms with E-state index < -0.39 is 18.3 Å². The number of carbonyl (C=O) groups excluding carboxylic acids is 2. The molecule has 290 valence electrons. The minimum absolute atomic E-state index is 0.0520. The highest BCUT2D eigenvalue weighted by atomic mass is 16.5. The van der Waals surface area contributed by atoms with E-state index in [4.69, 9.17) is 16.8 Å². The number of nitrogens with one attached hydrogen (secondary N) is 2. The summed E-state index contributed by atoms with van der Waals surface area (Å²) in [6.07, 6.45) is 11.8.